The molecule has 0 bridgehead atoms. The van der Waals surface area contributed by atoms with Crippen LogP contribution in [-0.2, 0) is 13.0 Å². The SMILES string of the molecule is O=C(NCCCN1CCNCC1)c1ccc(Cn2c(Cc3c(Cl)cccc3Cl)nc3ccccc32)cc1. The first-order chi connectivity index (χ1) is 18.1. The standard InChI is InChI=1S/C29H31Cl2N5O/c30-24-5-3-6-25(31)23(24)19-28-34-26-7-1-2-8-27(26)36(28)20-21-9-11-22(12-10-21)29(37)33-13-4-16-35-17-14-32-15-18-35/h1-3,5-12,32H,4,13-20H2,(H,33,37). The summed E-state index contributed by atoms with van der Waals surface area (Å²) in [7, 11) is 0. The number of amides is 1. The van der Waals surface area contributed by atoms with E-state index >= 15 is 0 Å². The van der Waals surface area contributed by atoms with E-state index in [0.717, 1.165) is 67.1 Å². The third-order valence-corrected chi connectivity index (χ3v) is 7.54. The first-order valence-corrected chi connectivity index (χ1v) is 13.5. The molecule has 8 heteroatoms. The average molecular weight is 537 g/mol. The maximum atomic E-state index is 12.6. The van der Waals surface area contributed by atoms with E-state index in [1.54, 1.807) is 0 Å². The van der Waals surface area contributed by atoms with Crippen LogP contribution in [0.25, 0.3) is 11.0 Å². The number of imidazole rings is 1. The van der Waals surface area contributed by atoms with Crippen molar-refractivity contribution in [1.82, 2.24) is 25.1 Å². The number of carbonyl (C=O) groups excluding carboxylic acids is 1. The molecule has 0 unspecified atom stereocenters. The molecule has 0 radical (unpaired) electrons. The van der Waals surface area contributed by atoms with E-state index in [1.165, 1.54) is 0 Å². The van der Waals surface area contributed by atoms with Gasteiger partial charge in [-0.25, -0.2) is 4.98 Å². The molecule has 4 aromatic rings. The third kappa shape index (κ3) is 6.33. The van der Waals surface area contributed by atoms with Crippen molar-refractivity contribution in [1.29, 1.82) is 0 Å². The molecule has 0 aliphatic carbocycles. The van der Waals surface area contributed by atoms with Gasteiger partial charge in [-0.1, -0.05) is 53.5 Å². The van der Waals surface area contributed by atoms with Crippen LogP contribution < -0.4 is 10.6 Å². The van der Waals surface area contributed by atoms with Gasteiger partial charge in [0.2, 0.25) is 0 Å². The number of nitrogens with zero attached hydrogens (tertiary/aromatic N) is 3. The smallest absolute Gasteiger partial charge is 0.251 e. The largest absolute Gasteiger partial charge is 0.352 e. The highest BCUT2D eigenvalue weighted by Crippen LogP contribution is 2.28. The van der Waals surface area contributed by atoms with E-state index < -0.39 is 0 Å². The van der Waals surface area contributed by atoms with Crippen LogP contribution in [0.4, 0.5) is 0 Å². The van der Waals surface area contributed by atoms with E-state index in [1.807, 2.05) is 60.7 Å². The van der Waals surface area contributed by atoms with E-state index in [4.69, 9.17) is 28.2 Å². The second-order valence-electron chi connectivity index (χ2n) is 9.38. The summed E-state index contributed by atoms with van der Waals surface area (Å²) in [5.74, 6) is 0.858. The summed E-state index contributed by atoms with van der Waals surface area (Å²) in [6.07, 6.45) is 1.48. The molecule has 37 heavy (non-hydrogen) atoms. The minimum absolute atomic E-state index is 0.0333. The third-order valence-electron chi connectivity index (χ3n) is 6.83. The van der Waals surface area contributed by atoms with Crippen molar-refractivity contribution < 1.29 is 4.79 Å². The summed E-state index contributed by atoms with van der Waals surface area (Å²) < 4.78 is 2.19. The highest BCUT2D eigenvalue weighted by atomic mass is 35.5. The molecule has 3 aromatic carbocycles. The van der Waals surface area contributed by atoms with Crippen LogP contribution in [-0.4, -0.2) is 59.6 Å². The Hall–Kier alpha value is -2.90. The van der Waals surface area contributed by atoms with Crippen molar-refractivity contribution in [2.24, 2.45) is 0 Å². The number of benzene rings is 3. The van der Waals surface area contributed by atoms with Crippen molar-refractivity contribution in [3.05, 3.63) is 99.3 Å². The van der Waals surface area contributed by atoms with Crippen LogP contribution in [0.3, 0.4) is 0 Å². The molecule has 2 heterocycles. The van der Waals surface area contributed by atoms with Gasteiger partial charge < -0.3 is 20.1 Å². The van der Waals surface area contributed by atoms with Crippen molar-refractivity contribution in [3.8, 4) is 0 Å². The Bertz CT molecular complexity index is 1340. The van der Waals surface area contributed by atoms with Gasteiger partial charge in [0.1, 0.15) is 5.82 Å². The average Bonchev–Trinajstić information content (AvgIpc) is 3.26. The maximum Gasteiger partial charge on any atom is 0.251 e. The molecule has 2 N–H and O–H groups in total. The normalized spacial score (nSPS) is 14.2. The maximum absolute atomic E-state index is 12.6. The molecular weight excluding hydrogens is 505 g/mol. The molecule has 5 rings (SSSR count). The Kier molecular flexibility index (Phi) is 8.41. The zero-order valence-corrected chi connectivity index (χ0v) is 22.2. The number of para-hydroxylation sites is 2. The molecule has 192 valence electrons. The Morgan fingerprint density at radius 3 is 2.43 bits per heavy atom. The zero-order valence-electron chi connectivity index (χ0n) is 20.7. The minimum Gasteiger partial charge on any atom is -0.352 e. The Morgan fingerprint density at radius 1 is 0.946 bits per heavy atom. The summed E-state index contributed by atoms with van der Waals surface area (Å²) in [6.45, 7) is 6.57. The quantitative estimate of drug-likeness (QED) is 0.296. The molecule has 6 nitrogen and oxygen atoms in total. The summed E-state index contributed by atoms with van der Waals surface area (Å²) in [5, 5.41) is 7.68. The number of halogens is 2. The van der Waals surface area contributed by atoms with Crippen LogP contribution in [0.1, 0.15) is 33.7 Å². The predicted octanol–water partition coefficient (Wildman–Crippen LogP) is 5.01. The number of piperazine rings is 1. The van der Waals surface area contributed by atoms with Crippen molar-refractivity contribution in [2.75, 3.05) is 39.3 Å². The van der Waals surface area contributed by atoms with Gasteiger partial charge in [-0.15, -0.1) is 0 Å². The fourth-order valence-corrected chi connectivity index (χ4v) is 5.31. The zero-order chi connectivity index (χ0) is 25.6. The van der Waals surface area contributed by atoms with Gasteiger partial charge in [-0.05, 0) is 60.5 Å². The number of nitrogens with one attached hydrogen (secondary N) is 2. The van der Waals surface area contributed by atoms with Crippen LogP contribution in [0, 0.1) is 0 Å². The number of fused-ring (bicyclic) bond motifs is 1. The molecule has 0 saturated carbocycles. The Morgan fingerprint density at radius 2 is 1.68 bits per heavy atom. The van der Waals surface area contributed by atoms with Crippen molar-refractivity contribution >= 4 is 40.1 Å². The highest BCUT2D eigenvalue weighted by molar-refractivity contribution is 6.36. The fraction of sp³-hybridized carbons (Fsp3) is 0.310. The second kappa shape index (κ2) is 12.1. The van der Waals surface area contributed by atoms with Crippen molar-refractivity contribution in [2.45, 2.75) is 19.4 Å². The molecule has 0 spiro atoms. The van der Waals surface area contributed by atoms with E-state index in [-0.39, 0.29) is 5.91 Å². The van der Waals surface area contributed by atoms with Gasteiger partial charge in [0.05, 0.1) is 11.0 Å². The number of hydrogen-bond acceptors (Lipinski definition) is 4. The first-order valence-electron chi connectivity index (χ1n) is 12.8. The topological polar surface area (TPSA) is 62.2 Å². The monoisotopic (exact) mass is 535 g/mol. The summed E-state index contributed by atoms with van der Waals surface area (Å²) >= 11 is 12.9. The lowest BCUT2D eigenvalue weighted by atomic mass is 10.1. The highest BCUT2D eigenvalue weighted by Gasteiger charge is 2.15. The second-order valence-corrected chi connectivity index (χ2v) is 10.2. The first kappa shape index (κ1) is 25.7. The van der Waals surface area contributed by atoms with Gasteiger partial charge in [-0.3, -0.25) is 4.79 Å². The van der Waals surface area contributed by atoms with Gasteiger partial charge in [0.15, 0.2) is 0 Å². The van der Waals surface area contributed by atoms with E-state index in [2.05, 4.69) is 26.2 Å². The summed E-state index contributed by atoms with van der Waals surface area (Å²) in [5.41, 5.74) is 4.60. The lowest BCUT2D eigenvalue weighted by molar-refractivity contribution is 0.0951. The predicted molar refractivity (Wildman–Crippen MR) is 151 cm³/mol. The molecule has 1 aromatic heterocycles. The van der Waals surface area contributed by atoms with Gasteiger partial charge in [0.25, 0.3) is 5.91 Å². The van der Waals surface area contributed by atoms with Crippen LogP contribution in [0.5, 0.6) is 0 Å². The summed E-state index contributed by atoms with van der Waals surface area (Å²) in [4.78, 5) is 20.0. The van der Waals surface area contributed by atoms with Crippen LogP contribution >= 0.6 is 23.2 Å². The minimum atomic E-state index is -0.0333. The van der Waals surface area contributed by atoms with E-state index in [0.29, 0.717) is 35.1 Å². The Labute approximate surface area is 227 Å². The Balaban J connectivity index is 1.26. The lowest BCUT2D eigenvalue weighted by Crippen LogP contribution is -2.44. The molecular formula is C29H31Cl2N5O. The molecule has 1 fully saturated rings. The fourth-order valence-electron chi connectivity index (χ4n) is 4.78. The van der Waals surface area contributed by atoms with E-state index in [9.17, 15) is 4.79 Å². The number of rotatable bonds is 9. The molecule has 0 atom stereocenters. The number of hydrogen-bond donors (Lipinski definition) is 2. The van der Waals surface area contributed by atoms with Crippen molar-refractivity contribution in [3.63, 3.8) is 0 Å². The van der Waals surface area contributed by atoms with Gasteiger partial charge in [0, 0.05) is 61.3 Å². The molecule has 1 saturated heterocycles. The number of carbonyl (C=O) groups is 1. The molecule has 1 amide bonds. The number of aromatic nitrogens is 2. The lowest BCUT2D eigenvalue weighted by Gasteiger charge is -2.27. The van der Waals surface area contributed by atoms with Crippen LogP contribution in [0.2, 0.25) is 10.0 Å². The van der Waals surface area contributed by atoms with Gasteiger partial charge >= 0.3 is 0 Å². The summed E-state index contributed by atoms with van der Waals surface area (Å²) in [6, 6.07) is 21.5. The van der Waals surface area contributed by atoms with Gasteiger partial charge in [-0.2, -0.15) is 0 Å². The molecule has 1 aliphatic heterocycles. The van der Waals surface area contributed by atoms with Crippen LogP contribution in [0.15, 0.2) is 66.7 Å². The molecule has 1 aliphatic rings.